The third-order valence-corrected chi connectivity index (χ3v) is 2.43. The number of hydrogen-bond acceptors (Lipinski definition) is 1. The average Bonchev–Trinajstić information content (AvgIpc) is 2.18. The normalized spacial score (nSPS) is 13.2. The molecule has 0 aromatic heterocycles. The zero-order valence-corrected chi connectivity index (χ0v) is 8.83. The summed E-state index contributed by atoms with van der Waals surface area (Å²) in [5.74, 6) is 0.493. The van der Waals surface area contributed by atoms with Gasteiger partial charge in [-0.3, -0.25) is 4.39 Å². The second kappa shape index (κ2) is 5.11. The Labute approximate surface area is 85.1 Å². The Morgan fingerprint density at radius 2 is 1.93 bits per heavy atom. The molecule has 2 heteroatoms. The molecule has 1 atom stereocenters. The molecule has 0 aliphatic rings. The van der Waals surface area contributed by atoms with Gasteiger partial charge in [0.05, 0.1) is 6.67 Å². The van der Waals surface area contributed by atoms with Crippen LogP contribution in [0.15, 0.2) is 24.3 Å². The van der Waals surface area contributed by atoms with Crippen molar-refractivity contribution < 1.29 is 4.39 Å². The Morgan fingerprint density at radius 3 is 2.50 bits per heavy atom. The number of rotatable bonds is 4. The second-order valence-corrected chi connectivity index (χ2v) is 3.91. The zero-order chi connectivity index (χ0) is 10.6. The van der Waals surface area contributed by atoms with Crippen LogP contribution in [0, 0.1) is 0 Å². The van der Waals surface area contributed by atoms with Gasteiger partial charge in [-0.05, 0) is 23.5 Å². The summed E-state index contributed by atoms with van der Waals surface area (Å²) in [6, 6.07) is 7.94. The maximum atomic E-state index is 12.1. The summed E-state index contributed by atoms with van der Waals surface area (Å²) in [4.78, 5) is 0. The lowest BCUT2D eigenvalue weighted by molar-refractivity contribution is 0.441. The molecule has 0 heterocycles. The molecule has 0 saturated carbocycles. The highest BCUT2D eigenvalue weighted by molar-refractivity contribution is 5.27. The van der Waals surface area contributed by atoms with Gasteiger partial charge in [-0.25, -0.2) is 0 Å². The lowest BCUT2D eigenvalue weighted by Gasteiger charge is -2.12. The summed E-state index contributed by atoms with van der Waals surface area (Å²) < 4.78 is 12.1. The second-order valence-electron chi connectivity index (χ2n) is 3.91. The molecular formula is C12H18FN. The molecule has 0 unspecified atom stereocenters. The summed E-state index contributed by atoms with van der Waals surface area (Å²) in [7, 11) is 0. The predicted molar refractivity (Wildman–Crippen MR) is 58.1 cm³/mol. The Kier molecular flexibility index (Phi) is 4.08. The number of benzene rings is 1. The molecule has 0 bridgehead atoms. The first kappa shape index (κ1) is 11.2. The van der Waals surface area contributed by atoms with Crippen LogP contribution in [0.1, 0.15) is 43.4 Å². The summed E-state index contributed by atoms with van der Waals surface area (Å²) >= 11 is 0. The third kappa shape index (κ3) is 2.81. The van der Waals surface area contributed by atoms with Crippen LogP contribution >= 0.6 is 0 Å². The fourth-order valence-electron chi connectivity index (χ4n) is 1.43. The van der Waals surface area contributed by atoms with Gasteiger partial charge in [0.25, 0.3) is 0 Å². The summed E-state index contributed by atoms with van der Waals surface area (Å²) in [5, 5.41) is 0. The molecule has 2 N–H and O–H groups in total. The standard InChI is InChI=1S/C12H18FN/c1-9(2)10-4-3-5-11(8-10)12(14)6-7-13/h3-5,8-9,12H,6-7,14H2,1-2H3/t12-/m1/s1. The molecule has 0 aliphatic carbocycles. The van der Waals surface area contributed by atoms with E-state index in [1.54, 1.807) is 0 Å². The van der Waals surface area contributed by atoms with Gasteiger partial charge in [-0.2, -0.15) is 0 Å². The van der Waals surface area contributed by atoms with Crippen molar-refractivity contribution in [2.75, 3.05) is 6.67 Å². The van der Waals surface area contributed by atoms with E-state index in [0.29, 0.717) is 12.3 Å². The zero-order valence-electron chi connectivity index (χ0n) is 8.83. The lowest BCUT2D eigenvalue weighted by atomic mass is 9.97. The number of nitrogens with two attached hydrogens (primary N) is 1. The number of halogens is 1. The smallest absolute Gasteiger partial charge is 0.0912 e. The number of hydrogen-bond donors (Lipinski definition) is 1. The quantitative estimate of drug-likeness (QED) is 0.784. The van der Waals surface area contributed by atoms with Gasteiger partial charge in [0.15, 0.2) is 0 Å². The van der Waals surface area contributed by atoms with Gasteiger partial charge in [0.1, 0.15) is 0 Å². The van der Waals surface area contributed by atoms with E-state index < -0.39 is 0 Å². The van der Waals surface area contributed by atoms with E-state index in [1.165, 1.54) is 5.56 Å². The van der Waals surface area contributed by atoms with Crippen LogP contribution in [0.5, 0.6) is 0 Å². The van der Waals surface area contributed by atoms with Crippen molar-refractivity contribution in [2.45, 2.75) is 32.2 Å². The van der Waals surface area contributed by atoms with Crippen molar-refractivity contribution in [3.05, 3.63) is 35.4 Å². The van der Waals surface area contributed by atoms with Gasteiger partial charge >= 0.3 is 0 Å². The Hall–Kier alpha value is -0.890. The third-order valence-electron chi connectivity index (χ3n) is 2.43. The Bertz CT molecular complexity index is 283. The van der Waals surface area contributed by atoms with Gasteiger partial charge < -0.3 is 5.73 Å². The van der Waals surface area contributed by atoms with Crippen LogP contribution in [0.4, 0.5) is 4.39 Å². The molecule has 0 spiro atoms. The van der Waals surface area contributed by atoms with E-state index in [4.69, 9.17) is 5.73 Å². The molecule has 1 aromatic carbocycles. The minimum atomic E-state index is -0.354. The first-order chi connectivity index (χ1) is 6.65. The molecular weight excluding hydrogens is 177 g/mol. The highest BCUT2D eigenvalue weighted by Crippen LogP contribution is 2.20. The van der Waals surface area contributed by atoms with E-state index in [9.17, 15) is 4.39 Å². The van der Waals surface area contributed by atoms with E-state index in [2.05, 4.69) is 26.0 Å². The topological polar surface area (TPSA) is 26.0 Å². The van der Waals surface area contributed by atoms with Gasteiger partial charge in [0.2, 0.25) is 0 Å². The average molecular weight is 195 g/mol. The van der Waals surface area contributed by atoms with Crippen molar-refractivity contribution >= 4 is 0 Å². The molecule has 0 amide bonds. The van der Waals surface area contributed by atoms with Gasteiger partial charge in [0, 0.05) is 6.04 Å². The molecule has 0 saturated heterocycles. The minimum Gasteiger partial charge on any atom is -0.324 e. The highest BCUT2D eigenvalue weighted by atomic mass is 19.1. The first-order valence-corrected chi connectivity index (χ1v) is 5.06. The lowest BCUT2D eigenvalue weighted by Crippen LogP contribution is -2.11. The minimum absolute atomic E-state index is 0.168. The highest BCUT2D eigenvalue weighted by Gasteiger charge is 2.07. The van der Waals surface area contributed by atoms with E-state index >= 15 is 0 Å². The van der Waals surface area contributed by atoms with Crippen molar-refractivity contribution in [3.63, 3.8) is 0 Å². The molecule has 14 heavy (non-hydrogen) atoms. The van der Waals surface area contributed by atoms with Crippen molar-refractivity contribution in [3.8, 4) is 0 Å². The molecule has 78 valence electrons. The molecule has 0 fully saturated rings. The van der Waals surface area contributed by atoms with Crippen molar-refractivity contribution in [1.82, 2.24) is 0 Å². The first-order valence-electron chi connectivity index (χ1n) is 5.06. The van der Waals surface area contributed by atoms with E-state index in [0.717, 1.165) is 5.56 Å². The monoisotopic (exact) mass is 195 g/mol. The summed E-state index contributed by atoms with van der Waals surface area (Å²) in [6.07, 6.45) is 0.404. The molecule has 1 aromatic rings. The van der Waals surface area contributed by atoms with Crippen molar-refractivity contribution in [1.29, 1.82) is 0 Å². The van der Waals surface area contributed by atoms with Crippen LogP contribution < -0.4 is 5.73 Å². The van der Waals surface area contributed by atoms with Gasteiger partial charge in [-0.15, -0.1) is 0 Å². The van der Waals surface area contributed by atoms with E-state index in [1.807, 2.05) is 12.1 Å². The Morgan fingerprint density at radius 1 is 1.29 bits per heavy atom. The van der Waals surface area contributed by atoms with Crippen molar-refractivity contribution in [2.24, 2.45) is 5.73 Å². The van der Waals surface area contributed by atoms with Crippen LogP contribution in [0.25, 0.3) is 0 Å². The van der Waals surface area contributed by atoms with Crippen LogP contribution in [0.3, 0.4) is 0 Å². The van der Waals surface area contributed by atoms with E-state index in [-0.39, 0.29) is 12.7 Å². The Balaban J connectivity index is 2.82. The largest absolute Gasteiger partial charge is 0.324 e. The summed E-state index contributed by atoms with van der Waals surface area (Å²) in [5.41, 5.74) is 8.13. The van der Waals surface area contributed by atoms with Crippen LogP contribution in [0.2, 0.25) is 0 Å². The van der Waals surface area contributed by atoms with Gasteiger partial charge in [-0.1, -0.05) is 38.1 Å². The maximum absolute atomic E-state index is 12.1. The maximum Gasteiger partial charge on any atom is 0.0912 e. The molecule has 0 aliphatic heterocycles. The molecule has 0 radical (unpaired) electrons. The molecule has 1 nitrogen and oxygen atoms in total. The predicted octanol–water partition coefficient (Wildman–Crippen LogP) is 3.17. The fourth-order valence-corrected chi connectivity index (χ4v) is 1.43. The molecule has 1 rings (SSSR count). The SMILES string of the molecule is CC(C)c1cccc([C@H](N)CCF)c1. The van der Waals surface area contributed by atoms with Crippen LogP contribution in [-0.2, 0) is 0 Å². The number of alkyl halides is 1. The summed E-state index contributed by atoms with van der Waals surface area (Å²) in [6.45, 7) is 3.92. The fraction of sp³-hybridized carbons (Fsp3) is 0.500. The van der Waals surface area contributed by atoms with Crippen LogP contribution in [-0.4, -0.2) is 6.67 Å².